The van der Waals surface area contributed by atoms with Gasteiger partial charge >= 0.3 is 0 Å². The minimum absolute atomic E-state index is 0.125. The van der Waals surface area contributed by atoms with Gasteiger partial charge < -0.3 is 10.4 Å². The van der Waals surface area contributed by atoms with Gasteiger partial charge in [0.25, 0.3) is 11.6 Å². The quantitative estimate of drug-likeness (QED) is 0.642. The molecule has 1 aromatic rings. The van der Waals surface area contributed by atoms with Gasteiger partial charge in [-0.05, 0) is 39.3 Å². The molecule has 1 unspecified atom stereocenters. The number of nitro benzene ring substituents is 1. The number of hydrogen-bond acceptors (Lipinski definition) is 4. The second-order valence-electron chi connectivity index (χ2n) is 5.17. The van der Waals surface area contributed by atoms with Gasteiger partial charge in [-0.2, -0.15) is 0 Å². The van der Waals surface area contributed by atoms with Crippen LogP contribution in [0.3, 0.4) is 0 Å². The molecule has 0 aliphatic carbocycles. The molecule has 6 heteroatoms. The third-order valence-corrected chi connectivity index (χ3v) is 3.02. The summed E-state index contributed by atoms with van der Waals surface area (Å²) in [5, 5.41) is 23.0. The van der Waals surface area contributed by atoms with Crippen LogP contribution in [0, 0.1) is 17.0 Å². The van der Waals surface area contributed by atoms with Gasteiger partial charge in [-0.25, -0.2) is 0 Å². The lowest BCUT2D eigenvalue weighted by Gasteiger charge is -2.29. The molecular formula is C13H18N2O4. The molecule has 1 atom stereocenters. The zero-order valence-electron chi connectivity index (χ0n) is 11.4. The number of nitro groups is 1. The molecule has 0 saturated heterocycles. The van der Waals surface area contributed by atoms with Crippen LogP contribution in [0.1, 0.15) is 36.7 Å². The summed E-state index contributed by atoms with van der Waals surface area (Å²) in [6, 6.07) is 4.19. The van der Waals surface area contributed by atoms with Crippen molar-refractivity contribution >= 4 is 11.6 Å². The highest BCUT2D eigenvalue weighted by atomic mass is 16.6. The Hall–Kier alpha value is -1.95. The number of aryl methyl sites for hydroxylation is 1. The molecule has 1 aromatic carbocycles. The van der Waals surface area contributed by atoms with Gasteiger partial charge in [0.05, 0.1) is 16.6 Å². The maximum atomic E-state index is 12.0. The molecule has 1 rings (SSSR count). The monoisotopic (exact) mass is 266 g/mol. The average Bonchev–Trinajstić information content (AvgIpc) is 2.27. The largest absolute Gasteiger partial charge is 0.391 e. The van der Waals surface area contributed by atoms with E-state index in [1.165, 1.54) is 12.1 Å². The van der Waals surface area contributed by atoms with Crippen LogP contribution in [0.5, 0.6) is 0 Å². The first-order chi connectivity index (χ1) is 8.63. The summed E-state index contributed by atoms with van der Waals surface area (Å²) in [6.45, 7) is 6.61. The molecule has 0 spiro atoms. The Morgan fingerprint density at radius 2 is 2.00 bits per heavy atom. The maximum absolute atomic E-state index is 12.0. The highest BCUT2D eigenvalue weighted by Gasteiger charge is 2.27. The maximum Gasteiger partial charge on any atom is 0.270 e. The van der Waals surface area contributed by atoms with Gasteiger partial charge in [0.1, 0.15) is 0 Å². The van der Waals surface area contributed by atoms with Crippen molar-refractivity contribution < 1.29 is 14.8 Å². The third-order valence-electron chi connectivity index (χ3n) is 3.02. The van der Waals surface area contributed by atoms with E-state index in [2.05, 4.69) is 5.32 Å². The van der Waals surface area contributed by atoms with Crippen molar-refractivity contribution in [3.63, 3.8) is 0 Å². The van der Waals surface area contributed by atoms with Gasteiger partial charge in [0, 0.05) is 17.7 Å². The zero-order valence-corrected chi connectivity index (χ0v) is 11.4. The van der Waals surface area contributed by atoms with Gasteiger partial charge in [0.2, 0.25) is 0 Å². The number of benzene rings is 1. The fourth-order valence-corrected chi connectivity index (χ4v) is 1.47. The van der Waals surface area contributed by atoms with Gasteiger partial charge in [-0.15, -0.1) is 0 Å². The lowest BCUT2D eigenvalue weighted by atomic mass is 9.98. The van der Waals surface area contributed by atoms with E-state index in [-0.39, 0.29) is 11.3 Å². The number of nitrogens with zero attached hydrogens (tertiary/aromatic N) is 1. The zero-order chi connectivity index (χ0) is 14.8. The molecule has 0 aliphatic heterocycles. The van der Waals surface area contributed by atoms with E-state index in [1.807, 2.05) is 0 Å². The van der Waals surface area contributed by atoms with Crippen molar-refractivity contribution in [3.8, 4) is 0 Å². The summed E-state index contributed by atoms with van der Waals surface area (Å²) < 4.78 is 0. The van der Waals surface area contributed by atoms with Crippen molar-refractivity contribution in [3.05, 3.63) is 39.4 Å². The van der Waals surface area contributed by atoms with Crippen LogP contribution in [0.15, 0.2) is 18.2 Å². The van der Waals surface area contributed by atoms with Crippen molar-refractivity contribution in [1.82, 2.24) is 5.32 Å². The smallest absolute Gasteiger partial charge is 0.270 e. The van der Waals surface area contributed by atoms with Crippen LogP contribution in [-0.4, -0.2) is 27.6 Å². The molecule has 6 nitrogen and oxygen atoms in total. The minimum atomic E-state index is -0.810. The summed E-state index contributed by atoms with van der Waals surface area (Å²) in [6.07, 6.45) is -0.740. The summed E-state index contributed by atoms with van der Waals surface area (Å²) in [7, 11) is 0. The molecule has 0 fully saturated rings. The fourth-order valence-electron chi connectivity index (χ4n) is 1.47. The second-order valence-corrected chi connectivity index (χ2v) is 5.17. The molecule has 19 heavy (non-hydrogen) atoms. The number of aliphatic hydroxyl groups is 1. The molecule has 0 saturated carbocycles. The highest BCUT2D eigenvalue weighted by Crippen LogP contribution is 2.18. The Kier molecular flexibility index (Phi) is 4.26. The molecular weight excluding hydrogens is 248 g/mol. The van der Waals surface area contributed by atoms with E-state index in [9.17, 15) is 20.0 Å². The Balaban J connectivity index is 3.04. The van der Waals surface area contributed by atoms with Gasteiger partial charge in [0.15, 0.2) is 0 Å². The van der Waals surface area contributed by atoms with Crippen molar-refractivity contribution in [2.45, 2.75) is 39.3 Å². The molecule has 0 heterocycles. The average molecular weight is 266 g/mol. The van der Waals surface area contributed by atoms with E-state index >= 15 is 0 Å². The fraction of sp³-hybridized carbons (Fsp3) is 0.462. The lowest BCUT2D eigenvalue weighted by molar-refractivity contribution is -0.384. The molecule has 0 aromatic heterocycles. The Morgan fingerprint density at radius 3 is 2.47 bits per heavy atom. The van der Waals surface area contributed by atoms with Gasteiger partial charge in [-0.3, -0.25) is 14.9 Å². The predicted molar refractivity (Wildman–Crippen MR) is 71.1 cm³/mol. The van der Waals surface area contributed by atoms with Crippen molar-refractivity contribution in [1.29, 1.82) is 0 Å². The van der Waals surface area contributed by atoms with E-state index in [1.54, 1.807) is 33.8 Å². The lowest BCUT2D eigenvalue weighted by Crippen LogP contribution is -2.51. The van der Waals surface area contributed by atoms with Gasteiger partial charge in [-0.1, -0.05) is 0 Å². The minimum Gasteiger partial charge on any atom is -0.391 e. The number of hydrogen-bond donors (Lipinski definition) is 2. The first kappa shape index (κ1) is 15.1. The Labute approximate surface area is 111 Å². The number of rotatable bonds is 4. The first-order valence-electron chi connectivity index (χ1n) is 5.90. The number of carbonyl (C=O) groups is 1. The van der Waals surface area contributed by atoms with Crippen LogP contribution in [0.4, 0.5) is 5.69 Å². The van der Waals surface area contributed by atoms with E-state index in [0.29, 0.717) is 5.56 Å². The highest BCUT2D eigenvalue weighted by molar-refractivity contribution is 5.95. The topological polar surface area (TPSA) is 92.5 Å². The number of carbonyl (C=O) groups excluding carboxylic acids is 1. The molecule has 0 radical (unpaired) electrons. The molecule has 1 amide bonds. The number of amides is 1. The van der Waals surface area contributed by atoms with E-state index < -0.39 is 22.5 Å². The normalized spacial score (nSPS) is 12.9. The SMILES string of the molecule is Cc1cc(C(=O)NC(C)(C)C(C)O)cc([N+](=O)[O-])c1. The van der Waals surface area contributed by atoms with Crippen LogP contribution in [0.2, 0.25) is 0 Å². The van der Waals surface area contributed by atoms with Crippen molar-refractivity contribution in [2.24, 2.45) is 0 Å². The third kappa shape index (κ3) is 3.75. The standard InChI is InChI=1S/C13H18N2O4/c1-8-5-10(7-11(6-8)15(18)19)12(17)14-13(3,4)9(2)16/h5-7,9,16H,1-4H3,(H,14,17). The Bertz CT molecular complexity index is 509. The molecule has 104 valence electrons. The summed E-state index contributed by atoms with van der Waals surface area (Å²) >= 11 is 0. The summed E-state index contributed by atoms with van der Waals surface area (Å²) in [5.74, 6) is -0.447. The number of non-ortho nitro benzene ring substituents is 1. The van der Waals surface area contributed by atoms with E-state index in [4.69, 9.17) is 0 Å². The van der Waals surface area contributed by atoms with Crippen LogP contribution >= 0.6 is 0 Å². The second kappa shape index (κ2) is 5.36. The molecule has 2 N–H and O–H groups in total. The summed E-state index contributed by atoms with van der Waals surface area (Å²) in [4.78, 5) is 22.3. The number of aliphatic hydroxyl groups excluding tert-OH is 1. The first-order valence-corrected chi connectivity index (χ1v) is 5.90. The molecule has 0 bridgehead atoms. The van der Waals surface area contributed by atoms with Crippen LogP contribution in [0.25, 0.3) is 0 Å². The van der Waals surface area contributed by atoms with Crippen molar-refractivity contribution in [2.75, 3.05) is 0 Å². The molecule has 0 aliphatic rings. The van der Waals surface area contributed by atoms with Crippen LogP contribution in [-0.2, 0) is 0 Å². The number of nitrogens with one attached hydrogen (secondary N) is 1. The predicted octanol–water partition coefficient (Wildman–Crippen LogP) is 1.79. The van der Waals surface area contributed by atoms with Crippen LogP contribution < -0.4 is 5.32 Å². The Morgan fingerprint density at radius 1 is 1.42 bits per heavy atom. The van der Waals surface area contributed by atoms with E-state index in [0.717, 1.165) is 0 Å². The summed E-state index contributed by atoms with van der Waals surface area (Å²) in [5.41, 5.74) is -0.0927.